The number of thioether (sulfide) groups is 1. The maximum atomic E-state index is 12.2. The van der Waals surface area contributed by atoms with Crippen molar-refractivity contribution in [1.82, 2.24) is 24.5 Å². The fraction of sp³-hybridized carbons (Fsp3) is 0.176. The molecule has 28 heavy (non-hydrogen) atoms. The molecule has 3 heterocycles. The van der Waals surface area contributed by atoms with Gasteiger partial charge >= 0.3 is 0 Å². The van der Waals surface area contributed by atoms with Crippen LogP contribution in [0, 0.1) is 6.92 Å². The Morgan fingerprint density at radius 2 is 2.04 bits per heavy atom. The van der Waals surface area contributed by atoms with Crippen LogP contribution < -0.4 is 10.1 Å². The van der Waals surface area contributed by atoms with Crippen molar-refractivity contribution < 1.29 is 9.53 Å². The average molecular weight is 431 g/mol. The van der Waals surface area contributed by atoms with Gasteiger partial charge in [0, 0.05) is 5.56 Å². The topological polar surface area (TPSA) is 103 Å². The van der Waals surface area contributed by atoms with E-state index in [0.29, 0.717) is 5.13 Å². The van der Waals surface area contributed by atoms with E-state index in [-0.39, 0.29) is 11.7 Å². The van der Waals surface area contributed by atoms with Gasteiger partial charge in [-0.15, -0.1) is 10.2 Å². The molecule has 8 nitrogen and oxygen atoms in total. The molecule has 0 unspecified atom stereocenters. The second-order valence-corrected chi connectivity index (χ2v) is 8.50. The smallest absolute Gasteiger partial charge is 0.236 e. The molecule has 0 atom stereocenters. The molecule has 0 aliphatic rings. The second kappa shape index (κ2) is 8.17. The van der Waals surface area contributed by atoms with Gasteiger partial charge in [0.25, 0.3) is 0 Å². The van der Waals surface area contributed by atoms with Crippen molar-refractivity contribution in [3.8, 4) is 17.0 Å². The zero-order chi connectivity index (χ0) is 19.5. The minimum Gasteiger partial charge on any atom is -0.497 e. The summed E-state index contributed by atoms with van der Waals surface area (Å²) in [6.07, 6.45) is 1.50. The first-order valence-electron chi connectivity index (χ1n) is 8.11. The lowest BCUT2D eigenvalue weighted by Crippen LogP contribution is -2.13. The molecule has 1 amide bonds. The van der Waals surface area contributed by atoms with Crippen LogP contribution in [0.5, 0.6) is 5.75 Å². The van der Waals surface area contributed by atoms with Crippen LogP contribution in [0.25, 0.3) is 21.5 Å². The van der Waals surface area contributed by atoms with E-state index in [4.69, 9.17) is 4.74 Å². The van der Waals surface area contributed by atoms with E-state index in [1.165, 1.54) is 41.0 Å². The van der Waals surface area contributed by atoms with Gasteiger partial charge in [0.15, 0.2) is 0 Å². The molecule has 3 aromatic heterocycles. The molecule has 1 N–H and O–H groups in total. The first-order chi connectivity index (χ1) is 13.6. The summed E-state index contributed by atoms with van der Waals surface area (Å²) in [7, 11) is 1.63. The van der Waals surface area contributed by atoms with Gasteiger partial charge in [-0.1, -0.05) is 23.1 Å². The number of carbonyl (C=O) groups excluding carboxylic acids is 1. The van der Waals surface area contributed by atoms with Gasteiger partial charge in [0.05, 0.1) is 12.9 Å². The molecular weight excluding hydrogens is 416 g/mol. The maximum Gasteiger partial charge on any atom is 0.236 e. The van der Waals surface area contributed by atoms with Crippen molar-refractivity contribution in [3.63, 3.8) is 0 Å². The van der Waals surface area contributed by atoms with Crippen molar-refractivity contribution >= 4 is 55.9 Å². The van der Waals surface area contributed by atoms with Crippen molar-refractivity contribution in [3.05, 3.63) is 35.6 Å². The standard InChI is InChI=1S/C17H14N6O2S3/c1-9-21-22-17(27-9)20-12(24)7-26-16-15-14(18-8-19-16)13(23-28-15)10-3-5-11(25-2)6-4-10/h3-6,8H,7H2,1-2H3,(H,20,22,24). The highest BCUT2D eigenvalue weighted by Crippen LogP contribution is 2.34. The van der Waals surface area contributed by atoms with Crippen LogP contribution in [0.1, 0.15) is 5.01 Å². The molecule has 1 aromatic carbocycles. The number of benzene rings is 1. The fourth-order valence-electron chi connectivity index (χ4n) is 2.42. The van der Waals surface area contributed by atoms with Gasteiger partial charge in [0.2, 0.25) is 11.0 Å². The van der Waals surface area contributed by atoms with E-state index in [2.05, 4.69) is 29.9 Å². The first-order valence-corrected chi connectivity index (χ1v) is 10.7. The van der Waals surface area contributed by atoms with Gasteiger partial charge in [-0.05, 0) is 42.7 Å². The molecule has 0 saturated carbocycles. The van der Waals surface area contributed by atoms with Crippen molar-refractivity contribution in [2.75, 3.05) is 18.2 Å². The Bertz CT molecular complexity index is 1130. The van der Waals surface area contributed by atoms with Crippen LogP contribution in [0.3, 0.4) is 0 Å². The maximum absolute atomic E-state index is 12.2. The molecule has 0 aliphatic heterocycles. The van der Waals surface area contributed by atoms with E-state index in [1.807, 2.05) is 31.2 Å². The third-order valence-corrected chi connectivity index (χ3v) is 6.42. The number of rotatable bonds is 6. The molecule has 142 valence electrons. The van der Waals surface area contributed by atoms with Gasteiger partial charge in [-0.25, -0.2) is 9.97 Å². The Morgan fingerprint density at radius 3 is 2.75 bits per heavy atom. The molecule has 0 fully saturated rings. The number of nitrogens with one attached hydrogen (secondary N) is 1. The molecule has 0 spiro atoms. The summed E-state index contributed by atoms with van der Waals surface area (Å²) in [5.74, 6) is 0.833. The Hall–Kier alpha value is -2.63. The summed E-state index contributed by atoms with van der Waals surface area (Å²) >= 11 is 4.01. The van der Waals surface area contributed by atoms with Crippen LogP contribution in [-0.4, -0.2) is 43.3 Å². The van der Waals surface area contributed by atoms with Crippen molar-refractivity contribution in [1.29, 1.82) is 0 Å². The number of aryl methyl sites for hydroxylation is 1. The molecule has 11 heteroatoms. The van der Waals surface area contributed by atoms with Crippen LogP contribution in [-0.2, 0) is 4.79 Å². The van der Waals surface area contributed by atoms with E-state index in [0.717, 1.165) is 37.3 Å². The molecule has 4 rings (SSSR count). The van der Waals surface area contributed by atoms with Gasteiger partial charge < -0.3 is 4.74 Å². The second-order valence-electron chi connectivity index (χ2n) is 5.58. The van der Waals surface area contributed by atoms with Crippen molar-refractivity contribution in [2.45, 2.75) is 11.9 Å². The number of hydrogen-bond donors (Lipinski definition) is 1. The normalized spacial score (nSPS) is 10.9. The van der Waals surface area contributed by atoms with Crippen LogP contribution in [0.4, 0.5) is 5.13 Å². The van der Waals surface area contributed by atoms with Gasteiger partial charge in [-0.3, -0.25) is 10.1 Å². The minimum atomic E-state index is -0.159. The third-order valence-electron chi connectivity index (χ3n) is 3.70. The number of carbonyl (C=O) groups is 1. The first kappa shape index (κ1) is 18.7. The highest BCUT2D eigenvalue weighted by Gasteiger charge is 2.16. The summed E-state index contributed by atoms with van der Waals surface area (Å²) < 4.78 is 10.6. The Labute approximate surface area is 172 Å². The summed E-state index contributed by atoms with van der Waals surface area (Å²) in [5, 5.41) is 12.5. The number of fused-ring (bicyclic) bond motifs is 1. The minimum absolute atomic E-state index is 0.159. The quantitative estimate of drug-likeness (QED) is 0.365. The number of hydrogen-bond acceptors (Lipinski definition) is 10. The molecule has 0 radical (unpaired) electrons. The van der Waals surface area contributed by atoms with E-state index in [9.17, 15) is 4.79 Å². The summed E-state index contributed by atoms with van der Waals surface area (Å²) in [5.41, 5.74) is 2.51. The number of anilines is 1. The lowest BCUT2D eigenvalue weighted by atomic mass is 10.1. The summed E-state index contributed by atoms with van der Waals surface area (Å²) in [4.78, 5) is 20.9. The molecule has 0 aliphatic carbocycles. The number of aromatic nitrogens is 5. The zero-order valence-corrected chi connectivity index (χ0v) is 17.3. The Kier molecular flexibility index (Phi) is 5.46. The lowest BCUT2D eigenvalue weighted by molar-refractivity contribution is -0.113. The van der Waals surface area contributed by atoms with E-state index >= 15 is 0 Å². The fourth-order valence-corrected chi connectivity index (χ4v) is 4.75. The zero-order valence-electron chi connectivity index (χ0n) is 14.9. The SMILES string of the molecule is COc1ccc(-c2nsc3c(SCC(=O)Nc4nnc(C)s4)ncnc23)cc1. The van der Waals surface area contributed by atoms with E-state index in [1.54, 1.807) is 7.11 Å². The van der Waals surface area contributed by atoms with Crippen LogP contribution >= 0.6 is 34.6 Å². The number of methoxy groups -OCH3 is 1. The van der Waals surface area contributed by atoms with Crippen LogP contribution in [0.2, 0.25) is 0 Å². The largest absolute Gasteiger partial charge is 0.497 e. The Morgan fingerprint density at radius 1 is 1.21 bits per heavy atom. The molecule has 0 saturated heterocycles. The van der Waals surface area contributed by atoms with Gasteiger partial charge in [0.1, 0.15) is 38.0 Å². The predicted molar refractivity (Wildman–Crippen MR) is 111 cm³/mol. The molecule has 4 aromatic rings. The molecule has 0 bridgehead atoms. The highest BCUT2D eigenvalue weighted by molar-refractivity contribution is 8.00. The number of nitrogens with zero attached hydrogens (tertiary/aromatic N) is 5. The monoisotopic (exact) mass is 430 g/mol. The third kappa shape index (κ3) is 3.96. The van der Waals surface area contributed by atoms with Crippen LogP contribution in [0.15, 0.2) is 35.6 Å². The van der Waals surface area contributed by atoms with Crippen molar-refractivity contribution in [2.24, 2.45) is 0 Å². The number of amides is 1. The predicted octanol–water partition coefficient (Wildman–Crippen LogP) is 3.65. The van der Waals surface area contributed by atoms with E-state index < -0.39 is 0 Å². The molecular formula is C17H14N6O2S3. The average Bonchev–Trinajstić information content (AvgIpc) is 3.32. The number of ether oxygens (including phenoxy) is 1. The summed E-state index contributed by atoms with van der Waals surface area (Å²) in [6, 6.07) is 7.66. The Balaban J connectivity index is 1.52. The summed E-state index contributed by atoms with van der Waals surface area (Å²) in [6.45, 7) is 1.84. The lowest BCUT2D eigenvalue weighted by Gasteiger charge is -2.03. The van der Waals surface area contributed by atoms with Gasteiger partial charge in [-0.2, -0.15) is 4.37 Å². The highest BCUT2D eigenvalue weighted by atomic mass is 32.2.